The largest absolute Gasteiger partial charge is 0.496 e. The molecule has 0 radical (unpaired) electrons. The van der Waals surface area contributed by atoms with E-state index in [0.29, 0.717) is 34.8 Å². The van der Waals surface area contributed by atoms with Gasteiger partial charge in [-0.15, -0.1) is 11.3 Å². The first-order chi connectivity index (χ1) is 18.0. The standard InChI is InChI=1S/C27H32FN3O6S/c1-6-37-24(33)21-16(2)20-22(32)31(27(3,4)25(34)29-12-7-8-13-29)26(35)30(23(20)38-21)14-11-17-15-18(28)9-10-19(17)36-5/h9-10,15H,6-8,11-14H2,1-5H3. The van der Waals surface area contributed by atoms with Gasteiger partial charge in [-0.1, -0.05) is 0 Å². The van der Waals surface area contributed by atoms with Crippen molar-refractivity contribution in [3.8, 4) is 5.75 Å². The van der Waals surface area contributed by atoms with Gasteiger partial charge in [0.05, 0.1) is 19.1 Å². The number of fused-ring (bicyclic) bond motifs is 1. The number of esters is 1. The molecule has 2 aromatic heterocycles. The molecule has 0 unspecified atom stereocenters. The van der Waals surface area contributed by atoms with Gasteiger partial charge in [0.1, 0.15) is 26.8 Å². The summed E-state index contributed by atoms with van der Waals surface area (Å²) < 4.78 is 26.9. The summed E-state index contributed by atoms with van der Waals surface area (Å²) in [5.74, 6) is -0.888. The van der Waals surface area contributed by atoms with Crippen LogP contribution in [-0.2, 0) is 28.0 Å². The van der Waals surface area contributed by atoms with Gasteiger partial charge in [0.25, 0.3) is 5.56 Å². The molecule has 38 heavy (non-hydrogen) atoms. The highest BCUT2D eigenvalue weighted by atomic mass is 32.1. The minimum Gasteiger partial charge on any atom is -0.496 e. The van der Waals surface area contributed by atoms with E-state index in [1.165, 1.54) is 29.9 Å². The SMILES string of the molecule is CCOC(=O)c1sc2c(c1C)c(=O)n(C(C)(C)C(=O)N1CCCC1)c(=O)n2CCc1cc(F)ccc1OC. The smallest absolute Gasteiger partial charge is 0.348 e. The van der Waals surface area contributed by atoms with Crippen LogP contribution in [0.5, 0.6) is 5.75 Å². The third-order valence-corrected chi connectivity index (χ3v) is 8.29. The molecule has 0 saturated carbocycles. The molecule has 204 valence electrons. The van der Waals surface area contributed by atoms with E-state index >= 15 is 0 Å². The Labute approximate surface area is 223 Å². The molecule has 0 atom stereocenters. The normalized spacial score (nSPS) is 13.8. The number of thiophene rings is 1. The van der Waals surface area contributed by atoms with Gasteiger partial charge in [-0.3, -0.25) is 14.2 Å². The fourth-order valence-electron chi connectivity index (χ4n) is 5.01. The van der Waals surface area contributed by atoms with Crippen molar-refractivity contribution in [2.24, 2.45) is 0 Å². The maximum Gasteiger partial charge on any atom is 0.348 e. The number of aryl methyl sites for hydroxylation is 3. The second-order valence-corrected chi connectivity index (χ2v) is 10.8. The zero-order valence-electron chi connectivity index (χ0n) is 22.3. The van der Waals surface area contributed by atoms with E-state index in [0.717, 1.165) is 28.7 Å². The second kappa shape index (κ2) is 10.7. The van der Waals surface area contributed by atoms with Gasteiger partial charge in [-0.25, -0.2) is 18.5 Å². The van der Waals surface area contributed by atoms with Crippen LogP contribution in [0, 0.1) is 12.7 Å². The summed E-state index contributed by atoms with van der Waals surface area (Å²) in [6.45, 7) is 7.80. The van der Waals surface area contributed by atoms with Crippen molar-refractivity contribution in [2.75, 3.05) is 26.8 Å². The maximum absolute atomic E-state index is 14.0. The molecule has 3 heterocycles. The van der Waals surface area contributed by atoms with Crippen LogP contribution in [0.3, 0.4) is 0 Å². The number of hydrogen-bond acceptors (Lipinski definition) is 7. The number of methoxy groups -OCH3 is 1. The Kier molecular flexibility index (Phi) is 7.78. The molecule has 1 amide bonds. The van der Waals surface area contributed by atoms with Crippen LogP contribution in [0.4, 0.5) is 4.39 Å². The van der Waals surface area contributed by atoms with E-state index in [-0.39, 0.29) is 35.7 Å². The van der Waals surface area contributed by atoms with E-state index in [9.17, 15) is 23.6 Å². The third-order valence-electron chi connectivity index (χ3n) is 7.00. The molecule has 1 aliphatic rings. The monoisotopic (exact) mass is 545 g/mol. The summed E-state index contributed by atoms with van der Waals surface area (Å²) in [4.78, 5) is 56.2. The summed E-state index contributed by atoms with van der Waals surface area (Å²) in [5, 5.41) is 0.186. The van der Waals surface area contributed by atoms with Crippen molar-refractivity contribution in [2.45, 2.75) is 59.0 Å². The summed E-state index contributed by atoms with van der Waals surface area (Å²) in [6.07, 6.45) is 1.93. The molecule has 11 heteroatoms. The Morgan fingerprint density at radius 1 is 1.16 bits per heavy atom. The predicted octanol–water partition coefficient (Wildman–Crippen LogP) is 3.46. The van der Waals surface area contributed by atoms with Gasteiger partial charge >= 0.3 is 11.7 Å². The van der Waals surface area contributed by atoms with Crippen molar-refractivity contribution in [3.63, 3.8) is 0 Å². The molecule has 1 aromatic carbocycles. The molecule has 0 aliphatic carbocycles. The number of aromatic nitrogens is 2. The second-order valence-electron chi connectivity index (χ2n) is 9.80. The van der Waals surface area contributed by atoms with Crippen molar-refractivity contribution in [1.29, 1.82) is 0 Å². The third kappa shape index (κ3) is 4.75. The molecule has 9 nitrogen and oxygen atoms in total. The predicted molar refractivity (Wildman–Crippen MR) is 143 cm³/mol. The van der Waals surface area contributed by atoms with E-state index in [1.807, 2.05) is 0 Å². The molecule has 1 fully saturated rings. The number of likely N-dealkylation sites (tertiary alicyclic amines) is 1. The number of rotatable bonds is 8. The van der Waals surface area contributed by atoms with Gasteiger partial charge in [0.15, 0.2) is 0 Å². The Bertz CT molecular complexity index is 1510. The molecule has 0 bridgehead atoms. The fraction of sp³-hybridized carbons (Fsp3) is 0.481. The molecule has 3 aromatic rings. The molecule has 4 rings (SSSR count). The topological polar surface area (TPSA) is 99.8 Å². The van der Waals surface area contributed by atoms with Crippen LogP contribution < -0.4 is 16.0 Å². The lowest BCUT2D eigenvalue weighted by Gasteiger charge is -2.31. The molecular formula is C27H32FN3O6S. The maximum atomic E-state index is 14.0. The summed E-state index contributed by atoms with van der Waals surface area (Å²) in [5.41, 5.74) is -1.84. The van der Waals surface area contributed by atoms with Crippen LogP contribution >= 0.6 is 11.3 Å². The lowest BCUT2D eigenvalue weighted by atomic mass is 10.0. The summed E-state index contributed by atoms with van der Waals surface area (Å²) >= 11 is 1.00. The first kappa shape index (κ1) is 27.6. The molecular weight excluding hydrogens is 513 g/mol. The van der Waals surface area contributed by atoms with Crippen LogP contribution in [0.15, 0.2) is 27.8 Å². The Balaban J connectivity index is 1.93. The fourth-order valence-corrected chi connectivity index (χ4v) is 6.22. The zero-order valence-corrected chi connectivity index (χ0v) is 23.1. The number of nitrogens with zero attached hydrogens (tertiary/aromatic N) is 3. The Morgan fingerprint density at radius 2 is 1.84 bits per heavy atom. The van der Waals surface area contributed by atoms with Crippen molar-refractivity contribution < 1.29 is 23.5 Å². The number of halogens is 1. The van der Waals surface area contributed by atoms with Crippen molar-refractivity contribution in [3.05, 3.63) is 60.9 Å². The van der Waals surface area contributed by atoms with Gasteiger partial charge in [-0.2, -0.15) is 0 Å². The number of amides is 1. The number of carbonyl (C=O) groups excluding carboxylic acids is 2. The molecule has 1 aliphatic heterocycles. The van der Waals surface area contributed by atoms with Crippen molar-refractivity contribution >= 4 is 33.4 Å². The number of benzene rings is 1. The minimum atomic E-state index is -1.47. The van der Waals surface area contributed by atoms with Crippen LogP contribution in [-0.4, -0.2) is 52.7 Å². The van der Waals surface area contributed by atoms with Crippen molar-refractivity contribution in [1.82, 2.24) is 14.0 Å². The Hall–Kier alpha value is -3.47. The Morgan fingerprint density at radius 3 is 2.47 bits per heavy atom. The van der Waals surface area contributed by atoms with Crippen LogP contribution in [0.2, 0.25) is 0 Å². The average molecular weight is 546 g/mol. The molecule has 0 N–H and O–H groups in total. The summed E-state index contributed by atoms with van der Waals surface area (Å²) in [7, 11) is 1.47. The van der Waals surface area contributed by atoms with Gasteiger partial charge in [0.2, 0.25) is 5.91 Å². The van der Waals surface area contributed by atoms with Crippen LogP contribution in [0.25, 0.3) is 10.2 Å². The number of ether oxygens (including phenoxy) is 2. The minimum absolute atomic E-state index is 0.0611. The highest BCUT2D eigenvalue weighted by molar-refractivity contribution is 7.20. The van der Waals surface area contributed by atoms with Crippen LogP contribution in [0.1, 0.15) is 54.4 Å². The van der Waals surface area contributed by atoms with E-state index in [2.05, 4.69) is 0 Å². The molecule has 1 saturated heterocycles. The van der Waals surface area contributed by atoms with E-state index in [1.54, 1.807) is 32.6 Å². The highest BCUT2D eigenvalue weighted by Crippen LogP contribution is 2.30. The average Bonchev–Trinajstić information content (AvgIpc) is 3.52. The highest BCUT2D eigenvalue weighted by Gasteiger charge is 2.39. The van der Waals surface area contributed by atoms with Gasteiger partial charge < -0.3 is 14.4 Å². The lowest BCUT2D eigenvalue weighted by molar-refractivity contribution is -0.138. The van der Waals surface area contributed by atoms with E-state index in [4.69, 9.17) is 9.47 Å². The number of carbonyl (C=O) groups is 2. The first-order valence-corrected chi connectivity index (χ1v) is 13.4. The van der Waals surface area contributed by atoms with E-state index < -0.39 is 28.6 Å². The summed E-state index contributed by atoms with van der Waals surface area (Å²) in [6, 6.07) is 4.13. The first-order valence-electron chi connectivity index (χ1n) is 12.6. The number of hydrogen-bond donors (Lipinski definition) is 0. The molecule has 0 spiro atoms. The van der Waals surface area contributed by atoms with Gasteiger partial charge in [0, 0.05) is 19.6 Å². The quantitative estimate of drug-likeness (QED) is 0.402. The zero-order chi connectivity index (χ0) is 27.8. The van der Waals surface area contributed by atoms with Gasteiger partial charge in [-0.05, 0) is 76.3 Å². The lowest BCUT2D eigenvalue weighted by Crippen LogP contribution is -2.56.